The molecule has 0 amide bonds. The predicted molar refractivity (Wildman–Crippen MR) is 95.7 cm³/mol. The summed E-state index contributed by atoms with van der Waals surface area (Å²) < 4.78 is 33.9. The van der Waals surface area contributed by atoms with E-state index in [0.29, 0.717) is 16.6 Å². The van der Waals surface area contributed by atoms with Crippen molar-refractivity contribution < 1.29 is 13.2 Å². The van der Waals surface area contributed by atoms with Crippen LogP contribution in [0, 0.1) is 0 Å². The summed E-state index contributed by atoms with van der Waals surface area (Å²) >= 11 is 3.19. The summed E-state index contributed by atoms with van der Waals surface area (Å²) in [5, 5.41) is 1.47. The number of nitrogens with one attached hydrogen (secondary N) is 1. The molecule has 1 aromatic heterocycles. The summed E-state index contributed by atoms with van der Waals surface area (Å²) in [5.74, 6) is 0.170. The van der Waals surface area contributed by atoms with Gasteiger partial charge < -0.3 is 4.74 Å². The summed E-state index contributed by atoms with van der Waals surface area (Å²) in [7, 11) is -3.84. The molecule has 0 fully saturated rings. The molecule has 124 valence electrons. The van der Waals surface area contributed by atoms with E-state index < -0.39 is 10.0 Å². The van der Waals surface area contributed by atoms with Crippen LogP contribution in [-0.4, -0.2) is 25.0 Å². The van der Waals surface area contributed by atoms with Crippen LogP contribution in [0.1, 0.15) is 6.92 Å². The number of fused-ring (bicyclic) bond motifs is 1. The van der Waals surface area contributed by atoms with Gasteiger partial charge in [0.05, 0.1) is 17.7 Å². The zero-order valence-electron chi connectivity index (χ0n) is 12.7. The summed E-state index contributed by atoms with van der Waals surface area (Å²) in [6.45, 7) is 2.12. The number of aromatic nitrogens is 2. The van der Waals surface area contributed by atoms with Gasteiger partial charge in [-0.3, -0.25) is 4.72 Å². The van der Waals surface area contributed by atoms with Gasteiger partial charge in [-0.2, -0.15) is 0 Å². The average Bonchev–Trinajstić information content (AvgIpc) is 2.57. The molecule has 0 aliphatic carbocycles. The van der Waals surface area contributed by atoms with E-state index >= 15 is 0 Å². The highest BCUT2D eigenvalue weighted by Gasteiger charge is 2.21. The highest BCUT2D eigenvalue weighted by Crippen LogP contribution is 2.27. The molecule has 0 spiro atoms. The van der Waals surface area contributed by atoms with Crippen LogP contribution < -0.4 is 9.46 Å². The van der Waals surface area contributed by atoms with Crippen LogP contribution in [0.5, 0.6) is 5.88 Å². The number of hydrogen-bond acceptors (Lipinski definition) is 5. The number of benzene rings is 2. The van der Waals surface area contributed by atoms with E-state index in [0.717, 1.165) is 5.39 Å². The SMILES string of the molecule is CCOc1nc(Br)cnc1NS(=O)(=O)c1cccc2ccccc12. The van der Waals surface area contributed by atoms with E-state index in [-0.39, 0.29) is 16.6 Å². The lowest BCUT2D eigenvalue weighted by atomic mass is 10.1. The highest BCUT2D eigenvalue weighted by atomic mass is 79.9. The standard InChI is InChI=1S/C16H14BrN3O3S/c1-2-23-16-15(18-10-14(17)19-16)20-24(21,22)13-9-5-7-11-6-3-4-8-12(11)13/h3-10H,2H2,1H3,(H,18,20). The Kier molecular flexibility index (Phi) is 4.68. The first-order valence-corrected chi connectivity index (χ1v) is 9.45. The third-order valence-electron chi connectivity index (χ3n) is 3.26. The van der Waals surface area contributed by atoms with Gasteiger partial charge >= 0.3 is 0 Å². The fraction of sp³-hybridized carbons (Fsp3) is 0.125. The minimum atomic E-state index is -3.84. The zero-order valence-corrected chi connectivity index (χ0v) is 15.1. The molecule has 6 nitrogen and oxygen atoms in total. The van der Waals surface area contributed by atoms with Gasteiger partial charge in [0.15, 0.2) is 0 Å². The molecule has 3 rings (SSSR count). The molecule has 0 bridgehead atoms. The van der Waals surface area contributed by atoms with Gasteiger partial charge in [-0.15, -0.1) is 0 Å². The second-order valence-electron chi connectivity index (χ2n) is 4.86. The number of ether oxygens (including phenoxy) is 1. The molecule has 1 N–H and O–H groups in total. The molecule has 8 heteroatoms. The molecule has 1 heterocycles. The average molecular weight is 408 g/mol. The van der Waals surface area contributed by atoms with E-state index in [4.69, 9.17) is 4.74 Å². The number of halogens is 1. The lowest BCUT2D eigenvalue weighted by Crippen LogP contribution is -2.16. The van der Waals surface area contributed by atoms with Crippen molar-refractivity contribution in [2.75, 3.05) is 11.3 Å². The number of rotatable bonds is 5. The van der Waals surface area contributed by atoms with Crippen LogP contribution in [0.2, 0.25) is 0 Å². The molecule has 0 aliphatic rings. The smallest absolute Gasteiger partial charge is 0.263 e. The predicted octanol–water partition coefficient (Wildman–Crippen LogP) is 3.59. The van der Waals surface area contributed by atoms with Gasteiger partial charge in [0.25, 0.3) is 15.9 Å². The zero-order chi connectivity index (χ0) is 17.2. The molecule has 0 atom stereocenters. The van der Waals surface area contributed by atoms with Crippen LogP contribution in [0.15, 0.2) is 58.2 Å². The Bertz CT molecular complexity index is 988. The van der Waals surface area contributed by atoms with Gasteiger partial charge in [-0.05, 0) is 34.3 Å². The van der Waals surface area contributed by atoms with Gasteiger partial charge in [-0.25, -0.2) is 18.4 Å². The summed E-state index contributed by atoms with van der Waals surface area (Å²) in [6, 6.07) is 12.4. The van der Waals surface area contributed by atoms with Crippen molar-refractivity contribution in [2.24, 2.45) is 0 Å². The van der Waals surface area contributed by atoms with Crippen molar-refractivity contribution >= 4 is 42.5 Å². The molecular weight excluding hydrogens is 394 g/mol. The molecule has 0 aliphatic heterocycles. The Morgan fingerprint density at radius 2 is 1.92 bits per heavy atom. The van der Waals surface area contributed by atoms with Gasteiger partial charge in [0.2, 0.25) is 5.82 Å². The van der Waals surface area contributed by atoms with E-state index in [1.54, 1.807) is 31.2 Å². The quantitative estimate of drug-likeness (QED) is 0.698. The minimum absolute atomic E-state index is 0.0491. The summed E-state index contributed by atoms with van der Waals surface area (Å²) in [4.78, 5) is 8.34. The molecule has 0 saturated heterocycles. The lowest BCUT2D eigenvalue weighted by molar-refractivity contribution is 0.327. The minimum Gasteiger partial charge on any atom is -0.475 e. The first-order valence-electron chi connectivity index (χ1n) is 7.17. The lowest BCUT2D eigenvalue weighted by Gasteiger charge is -2.12. The fourth-order valence-corrected chi connectivity index (χ4v) is 3.77. The normalized spacial score (nSPS) is 11.4. The topological polar surface area (TPSA) is 81.2 Å². The number of anilines is 1. The Labute approximate surface area is 148 Å². The maximum absolute atomic E-state index is 12.8. The van der Waals surface area contributed by atoms with Gasteiger partial charge in [-0.1, -0.05) is 36.4 Å². The number of hydrogen-bond donors (Lipinski definition) is 1. The fourth-order valence-electron chi connectivity index (χ4n) is 2.27. The van der Waals surface area contributed by atoms with Crippen LogP contribution in [0.4, 0.5) is 5.82 Å². The molecular formula is C16H14BrN3O3S. The third-order valence-corrected chi connectivity index (χ3v) is 5.04. The Morgan fingerprint density at radius 1 is 1.17 bits per heavy atom. The van der Waals surface area contributed by atoms with Crippen molar-refractivity contribution in [3.8, 4) is 5.88 Å². The Balaban J connectivity index is 2.06. The summed E-state index contributed by atoms with van der Waals surface area (Å²) in [5.41, 5.74) is 0. The van der Waals surface area contributed by atoms with E-state index in [9.17, 15) is 8.42 Å². The van der Waals surface area contributed by atoms with Crippen LogP contribution in [0.25, 0.3) is 10.8 Å². The molecule has 0 radical (unpaired) electrons. The second kappa shape index (κ2) is 6.74. The van der Waals surface area contributed by atoms with Crippen LogP contribution >= 0.6 is 15.9 Å². The Morgan fingerprint density at radius 3 is 2.71 bits per heavy atom. The Hall–Kier alpha value is -2.19. The second-order valence-corrected chi connectivity index (χ2v) is 7.33. The van der Waals surface area contributed by atoms with Crippen molar-refractivity contribution in [3.63, 3.8) is 0 Å². The van der Waals surface area contributed by atoms with Crippen LogP contribution in [-0.2, 0) is 10.0 Å². The summed E-state index contributed by atoms with van der Waals surface area (Å²) in [6.07, 6.45) is 1.41. The maximum Gasteiger partial charge on any atom is 0.263 e. The first-order chi connectivity index (χ1) is 11.5. The van der Waals surface area contributed by atoms with Crippen molar-refractivity contribution in [1.29, 1.82) is 0 Å². The maximum atomic E-state index is 12.8. The third kappa shape index (κ3) is 3.34. The van der Waals surface area contributed by atoms with E-state index in [2.05, 4.69) is 30.6 Å². The van der Waals surface area contributed by atoms with Crippen molar-refractivity contribution in [2.45, 2.75) is 11.8 Å². The van der Waals surface area contributed by atoms with E-state index in [1.165, 1.54) is 6.20 Å². The highest BCUT2D eigenvalue weighted by molar-refractivity contribution is 9.10. The van der Waals surface area contributed by atoms with Gasteiger partial charge in [0.1, 0.15) is 4.60 Å². The molecule has 2 aromatic carbocycles. The molecule has 24 heavy (non-hydrogen) atoms. The molecule has 3 aromatic rings. The first kappa shape index (κ1) is 16.7. The number of sulfonamides is 1. The van der Waals surface area contributed by atoms with Crippen molar-refractivity contribution in [1.82, 2.24) is 9.97 Å². The van der Waals surface area contributed by atoms with Gasteiger partial charge in [0, 0.05) is 5.39 Å². The van der Waals surface area contributed by atoms with E-state index in [1.807, 2.05) is 18.2 Å². The largest absolute Gasteiger partial charge is 0.475 e. The van der Waals surface area contributed by atoms with Crippen molar-refractivity contribution in [3.05, 3.63) is 53.3 Å². The monoisotopic (exact) mass is 407 g/mol. The molecule has 0 saturated carbocycles. The van der Waals surface area contributed by atoms with Crippen LogP contribution in [0.3, 0.4) is 0 Å². The number of nitrogens with zero attached hydrogens (tertiary/aromatic N) is 2. The molecule has 0 unspecified atom stereocenters.